The van der Waals surface area contributed by atoms with Gasteiger partial charge in [0.1, 0.15) is 5.82 Å². The number of hydrogen-bond donors (Lipinski definition) is 1. The molecule has 0 amide bonds. The highest BCUT2D eigenvalue weighted by atomic mass is 32.2. The van der Waals surface area contributed by atoms with Gasteiger partial charge in [0.25, 0.3) is 0 Å². The molecule has 1 N–H and O–H groups in total. The molecule has 4 nitrogen and oxygen atoms in total. The Hall–Kier alpha value is -0.710. The smallest absolute Gasteiger partial charge is 0.151 e. The van der Waals surface area contributed by atoms with E-state index in [0.717, 1.165) is 11.6 Å². The first kappa shape index (κ1) is 8.39. The van der Waals surface area contributed by atoms with Crippen LogP contribution in [0.4, 0.5) is 0 Å². The van der Waals surface area contributed by atoms with Crippen LogP contribution in [0.15, 0.2) is 0 Å². The monoisotopic (exact) mass is 173 g/mol. The Morgan fingerprint density at radius 1 is 1.64 bits per heavy atom. The first-order valence-electron chi connectivity index (χ1n) is 3.36. The van der Waals surface area contributed by atoms with Crippen molar-refractivity contribution in [2.45, 2.75) is 13.3 Å². The van der Waals surface area contributed by atoms with Crippen LogP contribution in [-0.2, 0) is 17.2 Å². The predicted molar refractivity (Wildman–Crippen MR) is 43.8 cm³/mol. The number of rotatable bonds is 3. The van der Waals surface area contributed by atoms with Crippen molar-refractivity contribution in [3.8, 4) is 0 Å². The second kappa shape index (κ2) is 3.61. The molecule has 0 radical (unpaired) electrons. The average Bonchev–Trinajstić information content (AvgIpc) is 2.31. The number of aromatic nitrogens is 3. The van der Waals surface area contributed by atoms with Crippen molar-refractivity contribution in [2.24, 2.45) is 0 Å². The van der Waals surface area contributed by atoms with Gasteiger partial charge in [-0.25, -0.2) is 4.98 Å². The summed E-state index contributed by atoms with van der Waals surface area (Å²) in [4.78, 5) is 4.08. The van der Waals surface area contributed by atoms with Gasteiger partial charge in [-0.15, -0.1) is 0 Å². The minimum Gasteiger partial charge on any atom is -0.263 e. The van der Waals surface area contributed by atoms with Crippen LogP contribution < -0.4 is 0 Å². The maximum Gasteiger partial charge on any atom is 0.151 e. The Morgan fingerprint density at radius 2 is 2.36 bits per heavy atom. The molecule has 0 aromatic carbocycles. The van der Waals surface area contributed by atoms with Gasteiger partial charge in [0, 0.05) is 29.2 Å². The van der Waals surface area contributed by atoms with Gasteiger partial charge in [-0.3, -0.25) is 9.31 Å². The van der Waals surface area contributed by atoms with Crippen molar-refractivity contribution in [3.63, 3.8) is 0 Å². The summed E-state index contributed by atoms with van der Waals surface area (Å²) in [5, 5.41) is 6.65. The first-order chi connectivity index (χ1) is 5.18. The first-order valence-corrected chi connectivity index (χ1v) is 5.09. The summed E-state index contributed by atoms with van der Waals surface area (Å²) < 4.78 is 10.7. The quantitative estimate of drug-likeness (QED) is 0.701. The fraction of sp³-hybridized carbons (Fsp3) is 0.667. The number of aryl methyl sites for hydroxylation is 2. The van der Waals surface area contributed by atoms with Crippen LogP contribution in [0.3, 0.4) is 0 Å². The second-order valence-electron chi connectivity index (χ2n) is 2.36. The van der Waals surface area contributed by atoms with Crippen molar-refractivity contribution >= 4 is 10.8 Å². The molecule has 1 unspecified atom stereocenters. The molecular formula is C6H11N3OS. The Morgan fingerprint density at radius 3 is 2.82 bits per heavy atom. The van der Waals surface area contributed by atoms with Gasteiger partial charge < -0.3 is 0 Å². The van der Waals surface area contributed by atoms with E-state index in [1.807, 2.05) is 6.92 Å². The van der Waals surface area contributed by atoms with Crippen molar-refractivity contribution in [1.29, 1.82) is 0 Å². The largest absolute Gasteiger partial charge is 0.263 e. The summed E-state index contributed by atoms with van der Waals surface area (Å²) in [5.41, 5.74) is 0. The van der Waals surface area contributed by atoms with Crippen LogP contribution in [-0.4, -0.2) is 31.4 Å². The van der Waals surface area contributed by atoms with E-state index in [4.69, 9.17) is 0 Å². The number of nitrogens with zero attached hydrogens (tertiary/aromatic N) is 2. The summed E-state index contributed by atoms with van der Waals surface area (Å²) in [6.07, 6.45) is 2.37. The van der Waals surface area contributed by atoms with E-state index in [2.05, 4.69) is 15.2 Å². The molecule has 0 spiro atoms. The lowest BCUT2D eigenvalue weighted by Crippen LogP contribution is -1.99. The summed E-state index contributed by atoms with van der Waals surface area (Å²) in [6, 6.07) is 0. The topological polar surface area (TPSA) is 58.6 Å². The molecule has 0 bridgehead atoms. The minimum atomic E-state index is -0.751. The van der Waals surface area contributed by atoms with Gasteiger partial charge in [-0.05, 0) is 6.92 Å². The molecule has 62 valence electrons. The van der Waals surface area contributed by atoms with Crippen molar-refractivity contribution in [2.75, 3.05) is 12.0 Å². The van der Waals surface area contributed by atoms with Gasteiger partial charge in [-0.2, -0.15) is 5.10 Å². The minimum absolute atomic E-state index is 0.636. The van der Waals surface area contributed by atoms with Crippen molar-refractivity contribution in [3.05, 3.63) is 11.6 Å². The molecule has 1 atom stereocenters. The van der Waals surface area contributed by atoms with Gasteiger partial charge >= 0.3 is 0 Å². The Balaban J connectivity index is 2.45. The number of aromatic amines is 1. The molecule has 0 fully saturated rings. The van der Waals surface area contributed by atoms with Crippen LogP contribution in [0.25, 0.3) is 0 Å². The van der Waals surface area contributed by atoms with Crippen molar-refractivity contribution < 1.29 is 4.21 Å². The predicted octanol–water partition coefficient (Wildman–Crippen LogP) is 0.0341. The van der Waals surface area contributed by atoms with Crippen LogP contribution in [0, 0.1) is 6.92 Å². The van der Waals surface area contributed by atoms with E-state index in [9.17, 15) is 4.21 Å². The fourth-order valence-corrected chi connectivity index (χ4v) is 1.21. The maximum absolute atomic E-state index is 10.7. The fourth-order valence-electron chi connectivity index (χ4n) is 0.736. The number of nitrogens with one attached hydrogen (secondary N) is 1. The van der Waals surface area contributed by atoms with Crippen LogP contribution in [0.2, 0.25) is 0 Å². The summed E-state index contributed by atoms with van der Waals surface area (Å²) in [5.74, 6) is 2.19. The van der Waals surface area contributed by atoms with E-state index < -0.39 is 10.8 Å². The highest BCUT2D eigenvalue weighted by Gasteiger charge is 1.99. The molecule has 1 aromatic rings. The molecule has 0 saturated heterocycles. The van der Waals surface area contributed by atoms with Crippen LogP contribution >= 0.6 is 0 Å². The van der Waals surface area contributed by atoms with E-state index in [1.54, 1.807) is 6.26 Å². The standard InChI is InChI=1S/C6H11N3OS/c1-5-7-6(9-8-5)3-4-11(2)10/h3-4H2,1-2H3,(H,7,8,9). The van der Waals surface area contributed by atoms with E-state index >= 15 is 0 Å². The molecule has 0 saturated carbocycles. The maximum atomic E-state index is 10.7. The van der Waals surface area contributed by atoms with E-state index in [-0.39, 0.29) is 0 Å². The third-order valence-corrected chi connectivity index (χ3v) is 2.04. The third-order valence-electron chi connectivity index (χ3n) is 1.26. The van der Waals surface area contributed by atoms with Crippen LogP contribution in [0.5, 0.6) is 0 Å². The highest BCUT2D eigenvalue weighted by Crippen LogP contribution is 1.92. The lowest BCUT2D eigenvalue weighted by Gasteiger charge is -1.89. The van der Waals surface area contributed by atoms with Gasteiger partial charge in [0.05, 0.1) is 0 Å². The normalized spacial score (nSPS) is 13.3. The third kappa shape index (κ3) is 2.80. The van der Waals surface area contributed by atoms with E-state index in [1.165, 1.54) is 0 Å². The SMILES string of the molecule is Cc1nc(CCS(C)=O)n[nH]1. The summed E-state index contributed by atoms with van der Waals surface area (Å²) >= 11 is 0. The molecule has 1 aromatic heterocycles. The van der Waals surface area contributed by atoms with Gasteiger partial charge in [0.15, 0.2) is 5.82 Å². The number of H-pyrrole nitrogens is 1. The van der Waals surface area contributed by atoms with Crippen molar-refractivity contribution in [1.82, 2.24) is 15.2 Å². The lowest BCUT2D eigenvalue weighted by atomic mass is 10.5. The lowest BCUT2D eigenvalue weighted by molar-refractivity contribution is 0.685. The Bertz CT molecular complexity index is 258. The Labute approximate surface area is 67.9 Å². The molecule has 1 heterocycles. The van der Waals surface area contributed by atoms with Gasteiger partial charge in [-0.1, -0.05) is 0 Å². The zero-order valence-corrected chi connectivity index (χ0v) is 7.44. The average molecular weight is 173 g/mol. The summed E-state index contributed by atoms with van der Waals surface area (Å²) in [6.45, 7) is 1.85. The molecule has 0 aliphatic carbocycles. The molecule has 0 aliphatic rings. The molecule has 1 rings (SSSR count). The molecule has 5 heteroatoms. The zero-order chi connectivity index (χ0) is 8.27. The van der Waals surface area contributed by atoms with Crippen LogP contribution in [0.1, 0.15) is 11.6 Å². The molecule has 0 aliphatic heterocycles. The highest BCUT2D eigenvalue weighted by molar-refractivity contribution is 7.84. The Kier molecular flexibility index (Phi) is 2.76. The van der Waals surface area contributed by atoms with E-state index in [0.29, 0.717) is 12.2 Å². The summed E-state index contributed by atoms with van der Waals surface area (Å²) in [7, 11) is -0.751. The van der Waals surface area contributed by atoms with Gasteiger partial charge in [0.2, 0.25) is 0 Å². The number of hydrogen-bond acceptors (Lipinski definition) is 3. The zero-order valence-electron chi connectivity index (χ0n) is 6.63. The molecular weight excluding hydrogens is 162 g/mol. The second-order valence-corrected chi connectivity index (χ2v) is 3.92. The molecule has 11 heavy (non-hydrogen) atoms.